The number of amides is 2. The predicted molar refractivity (Wildman–Crippen MR) is 105 cm³/mol. The van der Waals surface area contributed by atoms with Crippen molar-refractivity contribution in [3.8, 4) is 5.75 Å². The average molecular weight is 401 g/mol. The van der Waals surface area contributed by atoms with Crippen LogP contribution in [0.5, 0.6) is 5.75 Å². The summed E-state index contributed by atoms with van der Waals surface area (Å²) in [6.07, 6.45) is 1.95. The van der Waals surface area contributed by atoms with E-state index in [1.54, 1.807) is 0 Å². The molecule has 3 rings (SSSR count). The van der Waals surface area contributed by atoms with Crippen LogP contribution in [0.25, 0.3) is 0 Å². The van der Waals surface area contributed by atoms with Gasteiger partial charge in [-0.2, -0.15) is 0 Å². The number of imide groups is 1. The number of hydrogen-bond acceptors (Lipinski definition) is 7. The summed E-state index contributed by atoms with van der Waals surface area (Å²) in [7, 11) is 1.81. The van der Waals surface area contributed by atoms with Crippen LogP contribution in [0, 0.1) is 0 Å². The number of nitrogens with zero attached hydrogens (tertiary/aromatic N) is 2. The van der Waals surface area contributed by atoms with Crippen LogP contribution in [0.3, 0.4) is 0 Å². The molecule has 146 valence electrons. The summed E-state index contributed by atoms with van der Waals surface area (Å²) in [6, 6.07) is 10.3. The molecule has 1 atom stereocenters. The molecule has 1 aromatic carbocycles. The van der Waals surface area contributed by atoms with E-state index in [0.29, 0.717) is 31.1 Å². The summed E-state index contributed by atoms with van der Waals surface area (Å²) < 4.78 is 5.71. The lowest BCUT2D eigenvalue weighted by molar-refractivity contribution is -0.118. The van der Waals surface area contributed by atoms with Gasteiger partial charge in [-0.15, -0.1) is 0 Å². The van der Waals surface area contributed by atoms with Gasteiger partial charge >= 0.3 is 5.97 Å². The van der Waals surface area contributed by atoms with Crippen LogP contribution in [-0.2, 0) is 11.2 Å². The first-order valence-electron chi connectivity index (χ1n) is 8.56. The maximum absolute atomic E-state index is 11.6. The first-order chi connectivity index (χ1) is 13.4. The van der Waals surface area contributed by atoms with Crippen molar-refractivity contribution in [3.63, 3.8) is 0 Å². The molecule has 1 unspecified atom stereocenters. The number of carbonyl (C=O) groups excluding carboxylic acids is 2. The van der Waals surface area contributed by atoms with Crippen LogP contribution in [-0.4, -0.2) is 52.7 Å². The summed E-state index contributed by atoms with van der Waals surface area (Å²) in [4.78, 5) is 39.8. The van der Waals surface area contributed by atoms with E-state index in [-0.39, 0.29) is 22.0 Å². The molecule has 2 N–H and O–H groups in total. The third-order valence-corrected chi connectivity index (χ3v) is 5.17. The Balaban J connectivity index is 1.48. The van der Waals surface area contributed by atoms with Gasteiger partial charge in [0, 0.05) is 13.2 Å². The van der Waals surface area contributed by atoms with Crippen LogP contribution < -0.4 is 15.0 Å². The maximum atomic E-state index is 11.6. The van der Waals surface area contributed by atoms with E-state index in [9.17, 15) is 14.4 Å². The molecular formula is C19H19N3O5S. The third kappa shape index (κ3) is 5.01. The van der Waals surface area contributed by atoms with Crippen molar-refractivity contribution in [2.75, 3.05) is 25.1 Å². The molecule has 1 saturated heterocycles. The normalized spacial score (nSPS) is 16.0. The molecule has 1 aromatic heterocycles. The Hall–Kier alpha value is -3.07. The number of anilines is 1. The van der Waals surface area contributed by atoms with E-state index in [1.165, 1.54) is 18.3 Å². The summed E-state index contributed by atoms with van der Waals surface area (Å²) in [6.45, 7) is 0.920. The van der Waals surface area contributed by atoms with Crippen molar-refractivity contribution >= 4 is 34.7 Å². The summed E-state index contributed by atoms with van der Waals surface area (Å²) in [5.41, 5.74) is 1.13. The number of carboxylic acids is 1. The molecule has 0 saturated carbocycles. The van der Waals surface area contributed by atoms with Gasteiger partial charge in [0.15, 0.2) is 0 Å². The fourth-order valence-corrected chi connectivity index (χ4v) is 3.50. The highest BCUT2D eigenvalue weighted by molar-refractivity contribution is 8.15. The highest BCUT2D eigenvalue weighted by Crippen LogP contribution is 2.24. The van der Waals surface area contributed by atoms with Crippen LogP contribution in [0.2, 0.25) is 0 Å². The van der Waals surface area contributed by atoms with E-state index in [0.717, 1.165) is 17.3 Å². The lowest BCUT2D eigenvalue weighted by atomic mass is 10.1. The standard InChI is InChI=1S/C19H19N3O5S/c1-22(16-11-13(18(24)25)6-7-20-16)8-9-27-14-4-2-12(3-5-14)10-15-17(23)21-19(26)28-15/h2-7,11,15H,8-10H2,1H3,(H,24,25)(H,21,23,26). The molecule has 1 aliphatic heterocycles. The lowest BCUT2D eigenvalue weighted by Gasteiger charge is -2.18. The van der Waals surface area contributed by atoms with Crippen molar-refractivity contribution in [1.82, 2.24) is 10.3 Å². The topological polar surface area (TPSA) is 109 Å². The van der Waals surface area contributed by atoms with Crippen molar-refractivity contribution in [3.05, 3.63) is 53.7 Å². The quantitative estimate of drug-likeness (QED) is 0.693. The molecule has 2 aromatic rings. The number of pyridine rings is 1. The maximum Gasteiger partial charge on any atom is 0.335 e. The molecule has 28 heavy (non-hydrogen) atoms. The second-order valence-corrected chi connectivity index (χ2v) is 7.38. The van der Waals surface area contributed by atoms with Gasteiger partial charge < -0.3 is 14.7 Å². The number of rotatable bonds is 8. The predicted octanol–water partition coefficient (Wildman–Crippen LogP) is 2.19. The Morgan fingerprint density at radius 1 is 1.29 bits per heavy atom. The fraction of sp³-hybridized carbons (Fsp3) is 0.263. The van der Waals surface area contributed by atoms with Crippen molar-refractivity contribution in [1.29, 1.82) is 0 Å². The van der Waals surface area contributed by atoms with E-state index in [1.807, 2.05) is 36.2 Å². The number of carbonyl (C=O) groups is 3. The van der Waals surface area contributed by atoms with E-state index < -0.39 is 5.97 Å². The minimum absolute atomic E-state index is 0.184. The monoisotopic (exact) mass is 401 g/mol. The van der Waals surface area contributed by atoms with Gasteiger partial charge in [0.25, 0.3) is 5.24 Å². The van der Waals surface area contributed by atoms with Gasteiger partial charge in [-0.25, -0.2) is 9.78 Å². The van der Waals surface area contributed by atoms with Gasteiger partial charge in [0.05, 0.1) is 17.4 Å². The lowest BCUT2D eigenvalue weighted by Crippen LogP contribution is -2.25. The highest BCUT2D eigenvalue weighted by atomic mass is 32.2. The minimum atomic E-state index is -0.994. The van der Waals surface area contributed by atoms with E-state index in [2.05, 4.69) is 10.3 Å². The molecule has 0 spiro atoms. The molecular weight excluding hydrogens is 382 g/mol. The summed E-state index contributed by atoms with van der Waals surface area (Å²) in [5, 5.41) is 10.6. The van der Waals surface area contributed by atoms with Crippen molar-refractivity contribution < 1.29 is 24.2 Å². The average Bonchev–Trinajstić information content (AvgIpc) is 3.00. The molecule has 8 nitrogen and oxygen atoms in total. The largest absolute Gasteiger partial charge is 0.492 e. The fourth-order valence-electron chi connectivity index (χ4n) is 2.64. The van der Waals surface area contributed by atoms with Gasteiger partial charge in [-0.3, -0.25) is 14.9 Å². The number of benzene rings is 1. The number of carboxylic acid groups (broad SMARTS) is 1. The minimum Gasteiger partial charge on any atom is -0.492 e. The first kappa shape index (κ1) is 19.7. The second-order valence-electron chi connectivity index (χ2n) is 6.21. The number of ether oxygens (including phenoxy) is 1. The molecule has 1 fully saturated rings. The van der Waals surface area contributed by atoms with Crippen molar-refractivity contribution in [2.24, 2.45) is 0 Å². The first-order valence-corrected chi connectivity index (χ1v) is 9.44. The van der Waals surface area contributed by atoms with Gasteiger partial charge in [-0.05, 0) is 36.2 Å². The third-order valence-electron chi connectivity index (χ3n) is 4.19. The Morgan fingerprint density at radius 3 is 2.68 bits per heavy atom. The molecule has 0 radical (unpaired) electrons. The molecule has 0 aliphatic carbocycles. The van der Waals surface area contributed by atoms with Crippen LogP contribution >= 0.6 is 11.8 Å². The van der Waals surface area contributed by atoms with Gasteiger partial charge in [0.2, 0.25) is 5.91 Å². The van der Waals surface area contributed by atoms with Crippen LogP contribution in [0.1, 0.15) is 15.9 Å². The van der Waals surface area contributed by atoms with Gasteiger partial charge in [-0.1, -0.05) is 23.9 Å². The zero-order valence-electron chi connectivity index (χ0n) is 15.1. The number of aromatic carboxylic acids is 1. The molecule has 2 amide bonds. The number of nitrogens with one attached hydrogen (secondary N) is 1. The number of likely N-dealkylation sites (N-methyl/N-ethyl adjacent to an activating group) is 1. The SMILES string of the molecule is CN(CCOc1ccc(CC2SC(=O)NC2=O)cc1)c1cc(C(=O)O)ccn1. The Morgan fingerprint density at radius 2 is 2.04 bits per heavy atom. The smallest absolute Gasteiger partial charge is 0.335 e. The second kappa shape index (κ2) is 8.75. The zero-order valence-corrected chi connectivity index (χ0v) is 15.9. The van der Waals surface area contributed by atoms with Gasteiger partial charge in [0.1, 0.15) is 18.2 Å². The number of thioether (sulfide) groups is 1. The Kier molecular flexibility index (Phi) is 6.15. The zero-order chi connectivity index (χ0) is 20.1. The number of aromatic nitrogens is 1. The van der Waals surface area contributed by atoms with E-state index in [4.69, 9.17) is 9.84 Å². The number of hydrogen-bond donors (Lipinski definition) is 2. The summed E-state index contributed by atoms with van der Waals surface area (Å²) >= 11 is 1.01. The van der Waals surface area contributed by atoms with Crippen LogP contribution in [0.4, 0.5) is 10.6 Å². The van der Waals surface area contributed by atoms with Crippen LogP contribution in [0.15, 0.2) is 42.6 Å². The molecule has 2 heterocycles. The Labute approximate surface area is 165 Å². The Bertz CT molecular complexity index is 887. The van der Waals surface area contributed by atoms with Crippen molar-refractivity contribution in [2.45, 2.75) is 11.7 Å². The molecule has 1 aliphatic rings. The summed E-state index contributed by atoms with van der Waals surface area (Å²) in [5.74, 6) is -0.00471. The van der Waals surface area contributed by atoms with E-state index >= 15 is 0 Å². The highest BCUT2D eigenvalue weighted by Gasteiger charge is 2.31. The molecule has 9 heteroatoms. The molecule has 0 bridgehead atoms.